The first-order valence-corrected chi connectivity index (χ1v) is 12.4. The molecule has 0 bridgehead atoms. The maximum atomic E-state index is 12.7. The van der Waals surface area contributed by atoms with Gasteiger partial charge >= 0.3 is 0 Å². The quantitative estimate of drug-likeness (QED) is 0.710. The lowest BCUT2D eigenvalue weighted by Crippen LogP contribution is -2.47. The predicted octanol–water partition coefficient (Wildman–Crippen LogP) is 3.75. The molecule has 31 heavy (non-hydrogen) atoms. The molecule has 164 valence electrons. The van der Waals surface area contributed by atoms with Crippen LogP contribution in [0.2, 0.25) is 5.02 Å². The number of piperidine rings is 1. The molecule has 1 fully saturated rings. The van der Waals surface area contributed by atoms with Crippen molar-refractivity contribution in [1.29, 1.82) is 0 Å². The monoisotopic (exact) mass is 460 g/mol. The van der Waals surface area contributed by atoms with E-state index in [1.807, 2.05) is 12.1 Å². The largest absolute Gasteiger partial charge is 0.492 e. The van der Waals surface area contributed by atoms with Crippen LogP contribution >= 0.6 is 11.6 Å². The van der Waals surface area contributed by atoms with Gasteiger partial charge in [-0.25, -0.2) is 8.42 Å². The predicted molar refractivity (Wildman–Crippen MR) is 123 cm³/mol. The van der Waals surface area contributed by atoms with Crippen molar-refractivity contribution in [2.45, 2.75) is 23.2 Å². The molecule has 2 aliphatic heterocycles. The van der Waals surface area contributed by atoms with Crippen LogP contribution < -0.4 is 10.1 Å². The number of hydrogen-bond acceptors (Lipinski definition) is 5. The highest BCUT2D eigenvalue weighted by molar-refractivity contribution is 7.90. The van der Waals surface area contributed by atoms with E-state index in [1.54, 1.807) is 24.3 Å². The number of carbonyl (C=O) groups excluding carboxylic acids is 1. The molecule has 0 aromatic heterocycles. The molecule has 1 spiro atoms. The van der Waals surface area contributed by atoms with E-state index in [2.05, 4.69) is 16.8 Å². The lowest BCUT2D eigenvalue weighted by Gasteiger charge is -2.38. The number of halogens is 1. The minimum atomic E-state index is -3.32. The van der Waals surface area contributed by atoms with Gasteiger partial charge in [-0.15, -0.1) is 0 Å². The number of rotatable bonds is 6. The van der Waals surface area contributed by atoms with E-state index in [-0.39, 0.29) is 10.8 Å². The minimum absolute atomic E-state index is 0.0589. The number of sulfone groups is 1. The second-order valence-corrected chi connectivity index (χ2v) is 10.5. The summed E-state index contributed by atoms with van der Waals surface area (Å²) in [6, 6.07) is 10.5. The molecule has 2 aromatic carbocycles. The Hall–Kier alpha value is -2.35. The first-order chi connectivity index (χ1) is 14.7. The van der Waals surface area contributed by atoms with Gasteiger partial charge in [-0.3, -0.25) is 9.69 Å². The van der Waals surface area contributed by atoms with Gasteiger partial charge in [0.2, 0.25) is 5.91 Å². The van der Waals surface area contributed by atoms with Crippen LogP contribution in [0.1, 0.15) is 24.0 Å². The Morgan fingerprint density at radius 3 is 2.65 bits per heavy atom. The number of ether oxygens (including phenoxy) is 1. The molecule has 2 aliphatic rings. The number of amides is 1. The smallest absolute Gasteiger partial charge is 0.235 e. The van der Waals surface area contributed by atoms with Gasteiger partial charge in [0, 0.05) is 23.5 Å². The van der Waals surface area contributed by atoms with Crippen molar-refractivity contribution in [2.75, 3.05) is 37.8 Å². The number of fused-ring (bicyclic) bond motifs is 2. The van der Waals surface area contributed by atoms with Crippen LogP contribution in [0, 0.1) is 0 Å². The minimum Gasteiger partial charge on any atom is -0.492 e. The second kappa shape index (κ2) is 8.30. The van der Waals surface area contributed by atoms with E-state index in [1.165, 1.54) is 12.3 Å². The molecule has 2 heterocycles. The molecule has 6 nitrogen and oxygen atoms in total. The fraction of sp³-hybridized carbons (Fsp3) is 0.348. The number of benzene rings is 2. The fourth-order valence-electron chi connectivity index (χ4n) is 4.45. The molecule has 2 aromatic rings. The molecule has 0 radical (unpaired) electrons. The lowest BCUT2D eigenvalue weighted by atomic mass is 9.73. The van der Waals surface area contributed by atoms with E-state index in [0.29, 0.717) is 22.9 Å². The number of anilines is 1. The fourth-order valence-corrected chi connectivity index (χ4v) is 5.50. The molecule has 0 atom stereocenters. The zero-order valence-electron chi connectivity index (χ0n) is 17.4. The third-order valence-electron chi connectivity index (χ3n) is 6.17. The topological polar surface area (TPSA) is 75.7 Å². The Kier molecular flexibility index (Phi) is 5.85. The Bertz CT molecular complexity index is 1140. The van der Waals surface area contributed by atoms with Crippen molar-refractivity contribution in [3.8, 4) is 5.75 Å². The van der Waals surface area contributed by atoms with E-state index in [9.17, 15) is 13.2 Å². The van der Waals surface area contributed by atoms with Crippen molar-refractivity contribution in [3.63, 3.8) is 0 Å². The first-order valence-electron chi connectivity index (χ1n) is 10.2. The molecule has 8 heteroatoms. The summed E-state index contributed by atoms with van der Waals surface area (Å²) in [4.78, 5) is 15.3. The average Bonchev–Trinajstić information content (AvgIpc) is 2.99. The molecule has 1 amide bonds. The van der Waals surface area contributed by atoms with Crippen molar-refractivity contribution in [3.05, 3.63) is 59.1 Å². The highest BCUT2D eigenvalue weighted by atomic mass is 35.5. The maximum absolute atomic E-state index is 12.7. The zero-order chi connectivity index (χ0) is 22.2. The summed E-state index contributed by atoms with van der Waals surface area (Å²) < 4.78 is 29.5. The summed E-state index contributed by atoms with van der Waals surface area (Å²) in [6.45, 7) is 6.45. The molecule has 0 saturated carbocycles. The Balaban J connectivity index is 1.35. The van der Waals surface area contributed by atoms with Crippen LogP contribution in [-0.4, -0.2) is 51.7 Å². The van der Waals surface area contributed by atoms with Gasteiger partial charge in [-0.2, -0.15) is 0 Å². The summed E-state index contributed by atoms with van der Waals surface area (Å²) in [5, 5.41) is 3.64. The number of likely N-dealkylation sites (tertiary alicyclic amines) is 1. The third kappa shape index (κ3) is 4.22. The second-order valence-electron chi connectivity index (χ2n) is 8.09. The molecule has 1 saturated heterocycles. The van der Waals surface area contributed by atoms with E-state index in [0.717, 1.165) is 43.7 Å². The van der Waals surface area contributed by atoms with Crippen molar-refractivity contribution >= 4 is 39.1 Å². The van der Waals surface area contributed by atoms with Crippen LogP contribution in [0.4, 0.5) is 5.69 Å². The van der Waals surface area contributed by atoms with Crippen LogP contribution in [0.5, 0.6) is 5.75 Å². The Labute approximate surface area is 187 Å². The van der Waals surface area contributed by atoms with Crippen LogP contribution in [0.3, 0.4) is 0 Å². The molecular formula is C23H25ClN2O4S. The van der Waals surface area contributed by atoms with Gasteiger partial charge in [0.25, 0.3) is 0 Å². The van der Waals surface area contributed by atoms with Gasteiger partial charge in [0.05, 0.1) is 10.3 Å². The van der Waals surface area contributed by atoms with Gasteiger partial charge in [-0.1, -0.05) is 24.3 Å². The van der Waals surface area contributed by atoms with Crippen molar-refractivity contribution < 1.29 is 17.9 Å². The number of hydrogen-bond donors (Lipinski definition) is 1. The van der Waals surface area contributed by atoms with Gasteiger partial charge in [0.15, 0.2) is 9.84 Å². The zero-order valence-corrected chi connectivity index (χ0v) is 18.9. The number of nitrogens with one attached hydrogen (secondary N) is 1. The van der Waals surface area contributed by atoms with E-state index >= 15 is 0 Å². The van der Waals surface area contributed by atoms with E-state index < -0.39 is 15.3 Å². The van der Waals surface area contributed by atoms with Crippen molar-refractivity contribution in [1.82, 2.24) is 4.90 Å². The highest BCUT2D eigenvalue weighted by Crippen LogP contribution is 2.45. The summed E-state index contributed by atoms with van der Waals surface area (Å²) in [5.74, 6) is 0.665. The highest BCUT2D eigenvalue weighted by Gasteiger charge is 2.48. The standard InChI is InChI=1S/C23H25ClN2O4S/c1-3-16-14-18(5-7-21(16)31(2,28)29)30-13-12-26-10-8-23(9-11-26)19-15-17(24)4-6-20(19)25-22(23)27/h3-7,14-15H,1,8-13H2,2H3,(H,25,27). The normalized spacial score (nSPS) is 17.9. The number of carbonyl (C=O) groups is 1. The van der Waals surface area contributed by atoms with Gasteiger partial charge in [0.1, 0.15) is 12.4 Å². The van der Waals surface area contributed by atoms with Crippen LogP contribution in [0.15, 0.2) is 47.9 Å². The van der Waals surface area contributed by atoms with Crippen LogP contribution in [-0.2, 0) is 20.0 Å². The van der Waals surface area contributed by atoms with Gasteiger partial charge in [-0.05, 0) is 73.5 Å². The maximum Gasteiger partial charge on any atom is 0.235 e. The summed E-state index contributed by atoms with van der Waals surface area (Å²) in [7, 11) is -3.32. The average molecular weight is 461 g/mol. The summed E-state index contributed by atoms with van der Waals surface area (Å²) in [5.41, 5.74) is 1.90. The Morgan fingerprint density at radius 1 is 1.23 bits per heavy atom. The third-order valence-corrected chi connectivity index (χ3v) is 7.57. The summed E-state index contributed by atoms with van der Waals surface area (Å²) >= 11 is 6.18. The molecular weight excluding hydrogens is 436 g/mol. The SMILES string of the molecule is C=Cc1cc(OCCN2CCC3(CC2)C(=O)Nc2ccc(Cl)cc23)ccc1S(C)(=O)=O. The summed E-state index contributed by atoms with van der Waals surface area (Å²) in [6.07, 6.45) is 4.16. The van der Waals surface area contributed by atoms with E-state index in [4.69, 9.17) is 16.3 Å². The van der Waals surface area contributed by atoms with Gasteiger partial charge < -0.3 is 10.1 Å². The molecule has 1 N–H and O–H groups in total. The van der Waals surface area contributed by atoms with Crippen LogP contribution in [0.25, 0.3) is 6.08 Å². The number of nitrogens with zero attached hydrogens (tertiary/aromatic N) is 1. The lowest BCUT2D eigenvalue weighted by molar-refractivity contribution is -0.122. The molecule has 4 rings (SSSR count). The molecule has 0 unspecified atom stereocenters. The molecule has 0 aliphatic carbocycles. The Morgan fingerprint density at radius 2 is 1.97 bits per heavy atom. The van der Waals surface area contributed by atoms with Crippen molar-refractivity contribution in [2.24, 2.45) is 0 Å². The first kappa shape index (κ1) is 21.9.